The molecule has 3 rings (SSSR count). The molecule has 0 saturated carbocycles. The molecule has 0 radical (unpaired) electrons. The van der Waals surface area contributed by atoms with E-state index >= 15 is 0 Å². The van der Waals surface area contributed by atoms with Crippen molar-refractivity contribution in [2.24, 2.45) is 5.73 Å². The van der Waals surface area contributed by atoms with Crippen molar-refractivity contribution in [3.63, 3.8) is 0 Å². The highest BCUT2D eigenvalue weighted by Gasteiger charge is 2.25. The lowest BCUT2D eigenvalue weighted by atomic mass is 10.1. The van der Waals surface area contributed by atoms with E-state index in [9.17, 15) is 4.79 Å². The molecule has 1 atom stereocenters. The first kappa shape index (κ1) is 16.4. The molecule has 1 amide bonds. The molecule has 0 bridgehead atoms. The van der Waals surface area contributed by atoms with Crippen LogP contribution in [-0.4, -0.2) is 40.6 Å². The zero-order valence-corrected chi connectivity index (χ0v) is 14.0. The molecule has 7 heteroatoms. The first-order chi connectivity index (χ1) is 11.6. The minimum Gasteiger partial charge on any atom is -0.496 e. The molecule has 1 aromatic heterocycles. The number of carbonyl (C=O) groups excluding carboxylic acids is 1. The molecule has 1 aliphatic heterocycles. The minimum atomic E-state index is -0.438. The number of aryl methyl sites for hydroxylation is 1. The topological polar surface area (TPSA) is 94.5 Å². The highest BCUT2D eigenvalue weighted by atomic mass is 16.5. The van der Waals surface area contributed by atoms with E-state index in [1.807, 2.05) is 25.1 Å². The Hall–Kier alpha value is -2.41. The third-order valence-corrected chi connectivity index (χ3v) is 4.21. The molecule has 1 unspecified atom stereocenters. The lowest BCUT2D eigenvalue weighted by molar-refractivity contribution is -0.133. The maximum Gasteiger partial charge on any atom is 0.246 e. The number of likely N-dealkylation sites (tertiary alicyclic amines) is 1. The van der Waals surface area contributed by atoms with Crippen LogP contribution in [0.4, 0.5) is 0 Å². The van der Waals surface area contributed by atoms with E-state index < -0.39 is 6.04 Å². The Kier molecular flexibility index (Phi) is 4.80. The van der Waals surface area contributed by atoms with Gasteiger partial charge in [0.2, 0.25) is 17.6 Å². The van der Waals surface area contributed by atoms with Gasteiger partial charge in [0.25, 0.3) is 0 Å². The first-order valence-electron chi connectivity index (χ1n) is 8.10. The van der Waals surface area contributed by atoms with Crippen LogP contribution in [0.2, 0.25) is 0 Å². The van der Waals surface area contributed by atoms with Gasteiger partial charge in [-0.3, -0.25) is 4.79 Å². The zero-order valence-electron chi connectivity index (χ0n) is 14.0. The van der Waals surface area contributed by atoms with Crippen LogP contribution in [0.5, 0.6) is 5.75 Å². The van der Waals surface area contributed by atoms with Crippen molar-refractivity contribution in [3.05, 3.63) is 29.7 Å². The Morgan fingerprint density at radius 3 is 3.04 bits per heavy atom. The summed E-state index contributed by atoms with van der Waals surface area (Å²) in [7, 11) is 1.61. The fourth-order valence-electron chi connectivity index (χ4n) is 2.87. The van der Waals surface area contributed by atoms with Crippen molar-refractivity contribution in [1.29, 1.82) is 0 Å². The van der Waals surface area contributed by atoms with E-state index in [1.165, 1.54) is 0 Å². The maximum absolute atomic E-state index is 12.3. The highest BCUT2D eigenvalue weighted by Crippen LogP contribution is 2.28. The number of carbonyl (C=O) groups is 1. The minimum absolute atomic E-state index is 0.0554. The van der Waals surface area contributed by atoms with Gasteiger partial charge in [0, 0.05) is 6.54 Å². The van der Waals surface area contributed by atoms with Gasteiger partial charge in [-0.15, -0.1) is 0 Å². The fourth-order valence-corrected chi connectivity index (χ4v) is 2.87. The molecule has 7 nitrogen and oxygen atoms in total. The SMILES string of the molecule is COc1cc(C)ccc1-c1noc(CN2CCCCC(N)C2=O)n1. The number of ether oxygens (including phenoxy) is 1. The number of amides is 1. The Morgan fingerprint density at radius 2 is 2.25 bits per heavy atom. The Morgan fingerprint density at radius 1 is 1.42 bits per heavy atom. The summed E-state index contributed by atoms with van der Waals surface area (Å²) in [5.74, 6) is 1.49. The van der Waals surface area contributed by atoms with Crippen LogP contribution in [0.25, 0.3) is 11.4 Å². The Labute approximate surface area is 140 Å². The van der Waals surface area contributed by atoms with Crippen LogP contribution < -0.4 is 10.5 Å². The number of hydrogen-bond acceptors (Lipinski definition) is 6. The molecule has 1 saturated heterocycles. The summed E-state index contributed by atoms with van der Waals surface area (Å²) in [4.78, 5) is 18.4. The van der Waals surface area contributed by atoms with Crippen molar-refractivity contribution < 1.29 is 14.1 Å². The molecule has 0 spiro atoms. The molecule has 24 heavy (non-hydrogen) atoms. The Balaban J connectivity index is 1.80. The van der Waals surface area contributed by atoms with Crippen LogP contribution in [-0.2, 0) is 11.3 Å². The van der Waals surface area contributed by atoms with Crippen molar-refractivity contribution in [2.75, 3.05) is 13.7 Å². The van der Waals surface area contributed by atoms with Crippen molar-refractivity contribution in [3.8, 4) is 17.1 Å². The quantitative estimate of drug-likeness (QED) is 0.920. The number of rotatable bonds is 4. The van der Waals surface area contributed by atoms with Gasteiger partial charge in [0.1, 0.15) is 12.3 Å². The van der Waals surface area contributed by atoms with E-state index in [1.54, 1.807) is 12.0 Å². The monoisotopic (exact) mass is 330 g/mol. The van der Waals surface area contributed by atoms with E-state index in [4.69, 9.17) is 15.0 Å². The number of nitrogens with zero attached hydrogens (tertiary/aromatic N) is 3. The summed E-state index contributed by atoms with van der Waals surface area (Å²) >= 11 is 0. The number of nitrogens with two attached hydrogens (primary N) is 1. The lowest BCUT2D eigenvalue weighted by Gasteiger charge is -2.20. The standard InChI is InChI=1S/C17H22N4O3/c1-11-6-7-12(14(9-11)23-2)16-19-15(24-20-16)10-21-8-4-3-5-13(18)17(21)22/h6-7,9,13H,3-5,8,10,18H2,1-2H3. The summed E-state index contributed by atoms with van der Waals surface area (Å²) in [6.07, 6.45) is 2.62. The summed E-state index contributed by atoms with van der Waals surface area (Å²) in [6.45, 7) is 2.94. The molecule has 0 aliphatic carbocycles. The summed E-state index contributed by atoms with van der Waals surface area (Å²) in [5, 5.41) is 4.02. The number of methoxy groups -OCH3 is 1. The summed E-state index contributed by atoms with van der Waals surface area (Å²) in [5.41, 5.74) is 7.74. The molecule has 2 aromatic rings. The molecule has 2 heterocycles. The van der Waals surface area contributed by atoms with Crippen LogP contribution in [0.15, 0.2) is 22.7 Å². The van der Waals surface area contributed by atoms with Crippen LogP contribution in [0.3, 0.4) is 0 Å². The van der Waals surface area contributed by atoms with E-state index in [-0.39, 0.29) is 12.5 Å². The van der Waals surface area contributed by atoms with E-state index in [0.717, 1.165) is 30.4 Å². The molecule has 128 valence electrons. The molecule has 1 aromatic carbocycles. The third kappa shape index (κ3) is 3.41. The van der Waals surface area contributed by atoms with Crippen molar-refractivity contribution in [1.82, 2.24) is 15.0 Å². The number of hydrogen-bond donors (Lipinski definition) is 1. The van der Waals surface area contributed by atoms with Gasteiger partial charge in [0.05, 0.1) is 18.7 Å². The zero-order chi connectivity index (χ0) is 17.1. The second-order valence-electron chi connectivity index (χ2n) is 6.08. The Bertz CT molecular complexity index is 728. The first-order valence-corrected chi connectivity index (χ1v) is 8.10. The largest absolute Gasteiger partial charge is 0.496 e. The van der Waals surface area contributed by atoms with Crippen LogP contribution >= 0.6 is 0 Å². The van der Waals surface area contributed by atoms with Crippen LogP contribution in [0.1, 0.15) is 30.7 Å². The van der Waals surface area contributed by atoms with Gasteiger partial charge >= 0.3 is 0 Å². The summed E-state index contributed by atoms with van der Waals surface area (Å²) in [6, 6.07) is 5.34. The lowest BCUT2D eigenvalue weighted by Crippen LogP contribution is -2.41. The van der Waals surface area contributed by atoms with Gasteiger partial charge in [-0.2, -0.15) is 4.98 Å². The molecular weight excluding hydrogens is 308 g/mol. The average molecular weight is 330 g/mol. The molecule has 1 aliphatic rings. The predicted octanol–water partition coefficient (Wildman–Crippen LogP) is 1.89. The maximum atomic E-state index is 12.3. The van der Waals surface area contributed by atoms with Crippen molar-refractivity contribution >= 4 is 5.91 Å². The number of benzene rings is 1. The van der Waals surface area contributed by atoms with Crippen LogP contribution in [0, 0.1) is 6.92 Å². The average Bonchev–Trinajstić information content (AvgIpc) is 2.98. The fraction of sp³-hybridized carbons (Fsp3) is 0.471. The van der Waals surface area contributed by atoms with Gasteiger partial charge < -0.3 is 19.9 Å². The van der Waals surface area contributed by atoms with Gasteiger partial charge in [-0.25, -0.2) is 0 Å². The summed E-state index contributed by atoms with van der Waals surface area (Å²) < 4.78 is 10.7. The third-order valence-electron chi connectivity index (χ3n) is 4.21. The van der Waals surface area contributed by atoms with E-state index in [0.29, 0.717) is 24.0 Å². The molecule has 2 N–H and O–H groups in total. The second-order valence-corrected chi connectivity index (χ2v) is 6.08. The highest BCUT2D eigenvalue weighted by molar-refractivity contribution is 5.81. The van der Waals surface area contributed by atoms with E-state index in [2.05, 4.69) is 10.1 Å². The predicted molar refractivity (Wildman–Crippen MR) is 88.3 cm³/mol. The normalized spacial score (nSPS) is 18.5. The second kappa shape index (κ2) is 7.00. The van der Waals surface area contributed by atoms with Gasteiger partial charge in [0.15, 0.2) is 0 Å². The molecular formula is C17H22N4O3. The number of aromatic nitrogens is 2. The molecule has 1 fully saturated rings. The van der Waals surface area contributed by atoms with Gasteiger partial charge in [-0.05, 0) is 43.9 Å². The van der Waals surface area contributed by atoms with Crippen molar-refractivity contribution in [2.45, 2.75) is 38.8 Å². The smallest absolute Gasteiger partial charge is 0.246 e. The van der Waals surface area contributed by atoms with Gasteiger partial charge in [-0.1, -0.05) is 11.2 Å².